The molecule has 0 saturated carbocycles. The number of benzene rings is 1. The van der Waals surface area contributed by atoms with E-state index in [-0.39, 0.29) is 11.4 Å². The molecule has 2 rings (SSSR count). The van der Waals surface area contributed by atoms with Crippen molar-refractivity contribution in [3.05, 3.63) is 23.3 Å². The molecule has 86 valence electrons. The van der Waals surface area contributed by atoms with Crippen molar-refractivity contribution in [1.82, 2.24) is 0 Å². The second-order valence-corrected chi connectivity index (χ2v) is 5.38. The van der Waals surface area contributed by atoms with Gasteiger partial charge in [0.25, 0.3) is 0 Å². The van der Waals surface area contributed by atoms with E-state index in [0.29, 0.717) is 10.5 Å². The fourth-order valence-corrected chi connectivity index (χ4v) is 2.31. The zero-order valence-electron chi connectivity index (χ0n) is 9.83. The topological polar surface area (TPSA) is 26.3 Å². The molecule has 0 atom stereocenters. The van der Waals surface area contributed by atoms with Crippen LogP contribution in [-0.4, -0.2) is 11.4 Å². The largest absolute Gasteiger partial charge is 0.488 e. The lowest BCUT2D eigenvalue weighted by Gasteiger charge is -2.33. The molecule has 1 aromatic carbocycles. The molecule has 3 heteroatoms. The number of hydrogen-bond acceptors (Lipinski definition) is 3. The molecule has 0 spiro atoms. The van der Waals surface area contributed by atoms with E-state index < -0.39 is 0 Å². The van der Waals surface area contributed by atoms with Crippen molar-refractivity contribution in [2.75, 3.05) is 0 Å². The molecular weight excluding hydrogens is 220 g/mol. The van der Waals surface area contributed by atoms with Gasteiger partial charge in [-0.25, -0.2) is 0 Å². The normalized spacial score (nSPS) is 17.5. The summed E-state index contributed by atoms with van der Waals surface area (Å²) in [4.78, 5) is 12.1. The van der Waals surface area contributed by atoms with E-state index in [0.717, 1.165) is 24.2 Å². The predicted molar refractivity (Wildman–Crippen MR) is 66.7 cm³/mol. The van der Waals surface area contributed by atoms with Crippen LogP contribution in [-0.2, 0) is 6.42 Å². The smallest absolute Gasteiger partial charge is 0.160 e. The zero-order chi connectivity index (χ0) is 11.9. The van der Waals surface area contributed by atoms with Crippen LogP contribution in [0.3, 0.4) is 0 Å². The van der Waals surface area contributed by atoms with E-state index in [9.17, 15) is 4.79 Å². The van der Waals surface area contributed by atoms with Crippen LogP contribution in [0.15, 0.2) is 17.0 Å². The number of carbonyl (C=O) groups is 1. The summed E-state index contributed by atoms with van der Waals surface area (Å²) in [6.45, 7) is 5.72. The Hall–Kier alpha value is -0.960. The minimum Gasteiger partial charge on any atom is -0.488 e. The molecular formula is C13H16O2S. The van der Waals surface area contributed by atoms with Crippen molar-refractivity contribution in [1.29, 1.82) is 0 Å². The third-order valence-corrected chi connectivity index (χ3v) is 3.31. The molecule has 1 aliphatic heterocycles. The van der Waals surface area contributed by atoms with Gasteiger partial charge >= 0.3 is 0 Å². The van der Waals surface area contributed by atoms with E-state index in [4.69, 9.17) is 4.74 Å². The summed E-state index contributed by atoms with van der Waals surface area (Å²) in [5.41, 5.74) is 1.68. The molecule has 0 bridgehead atoms. The van der Waals surface area contributed by atoms with Crippen LogP contribution in [0.5, 0.6) is 5.75 Å². The van der Waals surface area contributed by atoms with Crippen LogP contribution in [0.4, 0.5) is 0 Å². The molecule has 0 N–H and O–H groups in total. The minimum absolute atomic E-state index is 0.0534. The summed E-state index contributed by atoms with van der Waals surface area (Å²) in [6, 6.07) is 3.77. The Morgan fingerprint density at radius 1 is 1.44 bits per heavy atom. The van der Waals surface area contributed by atoms with Gasteiger partial charge in [0.1, 0.15) is 11.4 Å². The Labute approximate surface area is 101 Å². The average Bonchev–Trinajstić information content (AvgIpc) is 2.14. The summed E-state index contributed by atoms with van der Waals surface area (Å²) >= 11 is 4.33. The number of Topliss-reactive ketones (excluding diaryl/α,β-unsaturated/α-hetero) is 1. The first-order valence-electron chi connectivity index (χ1n) is 5.45. The Kier molecular flexibility index (Phi) is 2.74. The van der Waals surface area contributed by atoms with Crippen molar-refractivity contribution in [2.24, 2.45) is 0 Å². The maximum absolute atomic E-state index is 11.4. The molecule has 0 saturated heterocycles. The van der Waals surface area contributed by atoms with Crippen molar-refractivity contribution in [2.45, 2.75) is 44.1 Å². The number of carbonyl (C=O) groups excluding carboxylic acids is 1. The summed E-state index contributed by atoms with van der Waals surface area (Å²) in [5, 5.41) is 0. The fraction of sp³-hybridized carbons (Fsp3) is 0.462. The van der Waals surface area contributed by atoms with Crippen LogP contribution in [0.25, 0.3) is 0 Å². The van der Waals surface area contributed by atoms with Gasteiger partial charge in [-0.3, -0.25) is 4.79 Å². The van der Waals surface area contributed by atoms with Crippen LogP contribution >= 0.6 is 12.6 Å². The lowest BCUT2D eigenvalue weighted by Crippen LogP contribution is -2.32. The third-order valence-electron chi connectivity index (χ3n) is 2.94. The quantitative estimate of drug-likeness (QED) is 0.598. The van der Waals surface area contributed by atoms with E-state index in [1.807, 2.05) is 12.1 Å². The van der Waals surface area contributed by atoms with Gasteiger partial charge in [-0.05, 0) is 51.3 Å². The monoisotopic (exact) mass is 236 g/mol. The Morgan fingerprint density at radius 3 is 2.75 bits per heavy atom. The summed E-state index contributed by atoms with van der Waals surface area (Å²) in [7, 11) is 0. The molecule has 0 radical (unpaired) electrons. The van der Waals surface area contributed by atoms with Gasteiger partial charge in [0.15, 0.2) is 5.78 Å². The number of aryl methyl sites for hydroxylation is 1. The second kappa shape index (κ2) is 3.81. The molecule has 0 amide bonds. The minimum atomic E-state index is -0.120. The van der Waals surface area contributed by atoms with Gasteiger partial charge in [-0.1, -0.05) is 0 Å². The third kappa shape index (κ3) is 2.09. The van der Waals surface area contributed by atoms with E-state index in [2.05, 4.69) is 26.5 Å². The maximum atomic E-state index is 11.4. The SMILES string of the molecule is CC(=O)c1cc2c(cc1S)OC(C)(C)CC2. The average molecular weight is 236 g/mol. The molecule has 2 nitrogen and oxygen atoms in total. The molecule has 1 aliphatic rings. The Bertz CT molecular complexity index is 449. The lowest BCUT2D eigenvalue weighted by molar-refractivity contribution is 0.0842. The highest BCUT2D eigenvalue weighted by Crippen LogP contribution is 2.36. The van der Waals surface area contributed by atoms with Crippen LogP contribution < -0.4 is 4.74 Å². The van der Waals surface area contributed by atoms with Crippen molar-refractivity contribution in [3.63, 3.8) is 0 Å². The predicted octanol–water partition coefficient (Wildman–Crippen LogP) is 3.28. The standard InChI is InChI=1S/C13H16O2S/c1-8(14)10-6-9-4-5-13(2,3)15-11(9)7-12(10)16/h6-7,16H,4-5H2,1-3H3. The van der Waals surface area contributed by atoms with Gasteiger partial charge in [0.2, 0.25) is 0 Å². The molecule has 1 aromatic rings. The number of thiol groups is 1. The Balaban J connectivity index is 2.46. The maximum Gasteiger partial charge on any atom is 0.160 e. The first-order chi connectivity index (χ1) is 7.39. The molecule has 0 unspecified atom stereocenters. The first-order valence-corrected chi connectivity index (χ1v) is 5.90. The fourth-order valence-electron chi connectivity index (χ4n) is 1.97. The van der Waals surface area contributed by atoms with E-state index >= 15 is 0 Å². The number of rotatable bonds is 1. The number of hydrogen-bond donors (Lipinski definition) is 1. The molecule has 16 heavy (non-hydrogen) atoms. The van der Waals surface area contributed by atoms with Crippen molar-refractivity contribution < 1.29 is 9.53 Å². The van der Waals surface area contributed by atoms with Gasteiger partial charge < -0.3 is 4.74 Å². The lowest BCUT2D eigenvalue weighted by atomic mass is 9.93. The van der Waals surface area contributed by atoms with Gasteiger partial charge in [-0.15, -0.1) is 12.6 Å². The van der Waals surface area contributed by atoms with Gasteiger partial charge in [0, 0.05) is 10.5 Å². The van der Waals surface area contributed by atoms with Crippen molar-refractivity contribution >= 4 is 18.4 Å². The number of ether oxygens (including phenoxy) is 1. The summed E-state index contributed by atoms with van der Waals surface area (Å²) in [6.07, 6.45) is 1.93. The molecule has 1 heterocycles. The van der Waals surface area contributed by atoms with E-state index in [1.54, 1.807) is 6.92 Å². The van der Waals surface area contributed by atoms with Crippen LogP contribution in [0.1, 0.15) is 43.1 Å². The molecule has 0 fully saturated rings. The number of fused-ring (bicyclic) bond motifs is 1. The van der Waals surface area contributed by atoms with Crippen LogP contribution in [0, 0.1) is 0 Å². The highest BCUT2D eigenvalue weighted by Gasteiger charge is 2.27. The highest BCUT2D eigenvalue weighted by molar-refractivity contribution is 7.80. The molecule has 0 aromatic heterocycles. The first kappa shape index (κ1) is 11.5. The summed E-state index contributed by atoms with van der Waals surface area (Å²) < 4.78 is 5.87. The summed E-state index contributed by atoms with van der Waals surface area (Å²) in [5.74, 6) is 0.920. The molecule has 0 aliphatic carbocycles. The Morgan fingerprint density at radius 2 is 2.12 bits per heavy atom. The van der Waals surface area contributed by atoms with Gasteiger partial charge in [0.05, 0.1) is 0 Å². The highest BCUT2D eigenvalue weighted by atomic mass is 32.1. The van der Waals surface area contributed by atoms with E-state index in [1.165, 1.54) is 0 Å². The van der Waals surface area contributed by atoms with Crippen molar-refractivity contribution in [3.8, 4) is 5.75 Å². The second-order valence-electron chi connectivity index (χ2n) is 4.90. The van der Waals surface area contributed by atoms with Crippen LogP contribution in [0.2, 0.25) is 0 Å². The zero-order valence-corrected chi connectivity index (χ0v) is 10.7. The number of ketones is 1. The van der Waals surface area contributed by atoms with Gasteiger partial charge in [-0.2, -0.15) is 0 Å².